The fourth-order valence-electron chi connectivity index (χ4n) is 5.60. The van der Waals surface area contributed by atoms with E-state index in [9.17, 15) is 0 Å². The summed E-state index contributed by atoms with van der Waals surface area (Å²) in [5.41, 5.74) is 12.3. The summed E-state index contributed by atoms with van der Waals surface area (Å²) >= 11 is -2.02. The molecule has 3 heteroatoms. The van der Waals surface area contributed by atoms with Gasteiger partial charge in [0.25, 0.3) is 0 Å². The molecule has 0 aliphatic heterocycles. The van der Waals surface area contributed by atoms with Crippen LogP contribution >= 0.6 is 0 Å². The van der Waals surface area contributed by atoms with Crippen molar-refractivity contribution in [2.45, 2.75) is 77.3 Å². The van der Waals surface area contributed by atoms with Crippen molar-refractivity contribution in [2.24, 2.45) is 0 Å². The minimum Gasteiger partial charge on any atom is -1.00 e. The number of aryl methyl sites for hydroxylation is 2. The Hall–Kier alpha value is -0.747. The van der Waals surface area contributed by atoms with E-state index in [0.717, 1.165) is 0 Å². The van der Waals surface area contributed by atoms with Gasteiger partial charge < -0.3 is 24.8 Å². The van der Waals surface area contributed by atoms with Crippen LogP contribution in [0.25, 0.3) is 11.1 Å². The van der Waals surface area contributed by atoms with E-state index < -0.39 is 21.3 Å². The zero-order chi connectivity index (χ0) is 21.7. The van der Waals surface area contributed by atoms with Gasteiger partial charge in [-0.2, -0.15) is 0 Å². The number of halogens is 2. The zero-order valence-electron chi connectivity index (χ0n) is 20.7. The van der Waals surface area contributed by atoms with Crippen LogP contribution in [-0.4, -0.2) is 3.21 Å². The van der Waals surface area contributed by atoms with Gasteiger partial charge in [0.05, 0.1) is 0 Å². The zero-order valence-corrected chi connectivity index (χ0v) is 24.7. The van der Waals surface area contributed by atoms with E-state index >= 15 is 0 Å². The first-order valence-electron chi connectivity index (χ1n) is 11.5. The molecule has 0 N–H and O–H groups in total. The number of hydrogen-bond acceptors (Lipinski definition) is 0. The second-order valence-corrected chi connectivity index (χ2v) is 17.6. The summed E-state index contributed by atoms with van der Waals surface area (Å²) in [6, 6.07) is 10.2. The Bertz CT molecular complexity index is 1050. The Kier molecular flexibility index (Phi) is 9.17. The van der Waals surface area contributed by atoms with Gasteiger partial charge in [0.15, 0.2) is 0 Å². The van der Waals surface area contributed by atoms with E-state index in [1.54, 1.807) is 17.6 Å². The molecule has 2 aromatic carbocycles. The molecule has 2 aliphatic rings. The first kappa shape index (κ1) is 27.5. The third-order valence-electron chi connectivity index (χ3n) is 6.98. The molecule has 170 valence electrons. The maximum Gasteiger partial charge on any atom is -1.00 e. The standard InChI is InChI=1S/C21H25.C5H5.C3H6.2ClH.Zr/c1-12(2)18-10-20-16(7-14(18)5)9-17-8-15(6)19(13(3)4)11-21(17)20;1-2-4-5-3-1;1-3-2;;;/h7-13H,1-6H3;1-3H,4H2;1-2H3;2*1H;/q;;;;;+2/p-2. The van der Waals surface area contributed by atoms with Crippen molar-refractivity contribution < 1.29 is 46.1 Å². The first-order chi connectivity index (χ1) is 14.2. The second kappa shape index (κ2) is 10.7. The SMILES string of the molecule is C[C](C)=[Zr+2]([C]1=CC=CC1)[CH]1c2cc(C)c(C(C)C)cc2-c2cc(C(C)C)c(C)cc21.[Cl-].[Cl-]. The maximum atomic E-state index is 2.56. The minimum absolute atomic E-state index is 0. The van der Waals surface area contributed by atoms with Crippen molar-refractivity contribution in [3.63, 3.8) is 0 Å². The van der Waals surface area contributed by atoms with Crippen LogP contribution in [0.4, 0.5) is 0 Å². The Morgan fingerprint density at radius 1 is 0.812 bits per heavy atom. The molecule has 0 spiro atoms. The van der Waals surface area contributed by atoms with Gasteiger partial charge in [0.1, 0.15) is 0 Å². The Morgan fingerprint density at radius 3 is 1.62 bits per heavy atom. The van der Waals surface area contributed by atoms with Crippen LogP contribution in [0.15, 0.2) is 45.8 Å². The van der Waals surface area contributed by atoms with Crippen molar-refractivity contribution in [1.29, 1.82) is 0 Å². The van der Waals surface area contributed by atoms with Crippen LogP contribution in [0.3, 0.4) is 0 Å². The number of hydrogen-bond donors (Lipinski definition) is 0. The molecule has 2 aromatic rings. The largest absolute Gasteiger partial charge is 1.00 e. The Balaban J connectivity index is 0.00000181. The van der Waals surface area contributed by atoms with Gasteiger partial charge in [-0.15, -0.1) is 0 Å². The molecule has 0 nitrogen and oxygen atoms in total. The summed E-state index contributed by atoms with van der Waals surface area (Å²) < 4.78 is 4.10. The molecule has 4 rings (SSSR count). The molecule has 0 amide bonds. The Labute approximate surface area is 215 Å². The van der Waals surface area contributed by atoms with Crippen LogP contribution < -0.4 is 24.8 Å². The van der Waals surface area contributed by atoms with E-state index in [1.807, 2.05) is 0 Å². The van der Waals surface area contributed by atoms with Gasteiger partial charge in [0, 0.05) is 0 Å². The van der Waals surface area contributed by atoms with E-state index in [4.69, 9.17) is 0 Å². The molecule has 0 saturated heterocycles. The molecule has 0 fully saturated rings. The van der Waals surface area contributed by atoms with Crippen LogP contribution in [0.5, 0.6) is 0 Å². The van der Waals surface area contributed by atoms with Crippen molar-refractivity contribution in [3.05, 3.63) is 79.2 Å². The summed E-state index contributed by atoms with van der Waals surface area (Å²) in [5.74, 6) is 1.12. The molecular weight excluding hydrogens is 510 g/mol. The van der Waals surface area contributed by atoms with E-state index in [-0.39, 0.29) is 24.8 Å². The first-order valence-corrected chi connectivity index (χ1v) is 15.4. The van der Waals surface area contributed by atoms with Gasteiger partial charge >= 0.3 is 192 Å². The van der Waals surface area contributed by atoms with Gasteiger partial charge in [-0.25, -0.2) is 0 Å². The van der Waals surface area contributed by atoms with Gasteiger partial charge in [-0.05, 0) is 0 Å². The quantitative estimate of drug-likeness (QED) is 0.552. The maximum absolute atomic E-state index is 2.56. The van der Waals surface area contributed by atoms with Crippen LogP contribution in [0.1, 0.15) is 96.8 Å². The minimum atomic E-state index is -2.02. The third kappa shape index (κ3) is 4.73. The molecule has 0 radical (unpaired) electrons. The predicted octanol–water partition coefficient (Wildman–Crippen LogP) is 2.30. The third-order valence-corrected chi connectivity index (χ3v) is 15.2. The fourth-order valence-corrected chi connectivity index (χ4v) is 13.7. The molecule has 0 heterocycles. The molecule has 0 unspecified atom stereocenters. The number of fused-ring (bicyclic) bond motifs is 3. The van der Waals surface area contributed by atoms with Gasteiger partial charge in [-0.3, -0.25) is 0 Å². The molecule has 2 aliphatic carbocycles. The topological polar surface area (TPSA) is 0 Å². The molecular formula is C29H36Cl2Zr. The van der Waals surface area contributed by atoms with Crippen LogP contribution in [-0.2, 0) is 21.3 Å². The van der Waals surface area contributed by atoms with Crippen molar-refractivity contribution >= 4 is 3.21 Å². The number of rotatable bonds is 4. The molecule has 32 heavy (non-hydrogen) atoms. The Morgan fingerprint density at radius 2 is 1.28 bits per heavy atom. The number of allylic oxidation sites excluding steroid dienone is 4. The average molecular weight is 547 g/mol. The summed E-state index contributed by atoms with van der Waals surface area (Å²) in [5, 5.41) is 0. The second-order valence-electron chi connectivity index (χ2n) is 10.1. The molecule has 0 bridgehead atoms. The molecule has 0 saturated carbocycles. The molecule has 0 aromatic heterocycles. The van der Waals surface area contributed by atoms with Gasteiger partial charge in [0.2, 0.25) is 0 Å². The van der Waals surface area contributed by atoms with Crippen molar-refractivity contribution in [1.82, 2.24) is 0 Å². The fraction of sp³-hybridized carbons (Fsp3) is 0.414. The van der Waals surface area contributed by atoms with Gasteiger partial charge in [-0.1, -0.05) is 0 Å². The summed E-state index contributed by atoms with van der Waals surface area (Å²) in [7, 11) is 0. The normalized spacial score (nSPS) is 13.8. The van der Waals surface area contributed by atoms with Crippen molar-refractivity contribution in [2.75, 3.05) is 0 Å². The number of benzene rings is 2. The summed E-state index contributed by atoms with van der Waals surface area (Å²) in [4.78, 5) is 0. The van der Waals surface area contributed by atoms with Crippen LogP contribution in [0.2, 0.25) is 0 Å². The van der Waals surface area contributed by atoms with E-state index in [2.05, 4.69) is 97.9 Å². The van der Waals surface area contributed by atoms with E-state index in [1.165, 1.54) is 39.8 Å². The average Bonchev–Trinajstić information content (AvgIpc) is 3.27. The van der Waals surface area contributed by atoms with Crippen LogP contribution in [0, 0.1) is 13.8 Å². The summed E-state index contributed by atoms with van der Waals surface area (Å²) in [6.07, 6.45) is 8.27. The monoisotopic (exact) mass is 544 g/mol. The predicted molar refractivity (Wildman–Crippen MR) is 130 cm³/mol. The molecule has 0 atom stereocenters. The van der Waals surface area contributed by atoms with E-state index in [0.29, 0.717) is 15.5 Å². The summed E-state index contributed by atoms with van der Waals surface area (Å²) in [6.45, 7) is 18.8. The van der Waals surface area contributed by atoms with Crippen molar-refractivity contribution in [3.8, 4) is 11.1 Å². The smallest absolute Gasteiger partial charge is 1.00 e.